The van der Waals surface area contributed by atoms with Crippen LogP contribution in [0.3, 0.4) is 0 Å². The van der Waals surface area contributed by atoms with E-state index in [1.807, 2.05) is 0 Å². The SMILES string of the molecule is CC(C)C1CNC(C2CC2)CN1CC1(C)CCCS1. The molecular formula is C16H30N2S. The zero-order valence-corrected chi connectivity index (χ0v) is 13.6. The highest BCUT2D eigenvalue weighted by Crippen LogP contribution is 2.40. The molecule has 1 N–H and O–H groups in total. The van der Waals surface area contributed by atoms with Crippen molar-refractivity contribution < 1.29 is 0 Å². The van der Waals surface area contributed by atoms with E-state index in [0.717, 1.165) is 23.9 Å². The van der Waals surface area contributed by atoms with Gasteiger partial charge in [0.05, 0.1) is 0 Å². The molecule has 3 aliphatic rings. The Morgan fingerprint density at radius 2 is 2.16 bits per heavy atom. The van der Waals surface area contributed by atoms with E-state index in [1.54, 1.807) is 0 Å². The number of thioether (sulfide) groups is 1. The van der Waals surface area contributed by atoms with E-state index in [1.165, 1.54) is 51.1 Å². The van der Waals surface area contributed by atoms with E-state index in [4.69, 9.17) is 0 Å². The monoisotopic (exact) mass is 282 g/mol. The molecule has 3 unspecified atom stereocenters. The molecule has 1 saturated carbocycles. The minimum Gasteiger partial charge on any atom is -0.311 e. The molecule has 110 valence electrons. The van der Waals surface area contributed by atoms with Gasteiger partial charge in [-0.1, -0.05) is 13.8 Å². The van der Waals surface area contributed by atoms with Crippen LogP contribution in [-0.2, 0) is 0 Å². The van der Waals surface area contributed by atoms with Crippen LogP contribution in [0.25, 0.3) is 0 Å². The molecule has 2 saturated heterocycles. The molecule has 0 spiro atoms. The van der Waals surface area contributed by atoms with Crippen LogP contribution in [0, 0.1) is 11.8 Å². The van der Waals surface area contributed by atoms with Gasteiger partial charge in [-0.2, -0.15) is 11.8 Å². The first-order chi connectivity index (χ1) is 9.07. The average Bonchev–Trinajstić information content (AvgIpc) is 3.12. The van der Waals surface area contributed by atoms with Crippen molar-refractivity contribution in [2.24, 2.45) is 11.8 Å². The van der Waals surface area contributed by atoms with E-state index < -0.39 is 0 Å². The highest BCUT2D eigenvalue weighted by Gasteiger charge is 2.41. The van der Waals surface area contributed by atoms with Crippen molar-refractivity contribution in [2.45, 2.75) is 63.3 Å². The van der Waals surface area contributed by atoms with Gasteiger partial charge in [0.15, 0.2) is 0 Å². The first-order valence-corrected chi connectivity index (χ1v) is 9.17. The predicted molar refractivity (Wildman–Crippen MR) is 84.8 cm³/mol. The fourth-order valence-corrected chi connectivity index (χ4v) is 5.23. The molecule has 1 aliphatic carbocycles. The minimum atomic E-state index is 0.526. The number of hydrogen-bond acceptors (Lipinski definition) is 3. The molecular weight excluding hydrogens is 252 g/mol. The van der Waals surface area contributed by atoms with Crippen molar-refractivity contribution in [2.75, 3.05) is 25.4 Å². The van der Waals surface area contributed by atoms with Crippen LogP contribution in [0.1, 0.15) is 46.5 Å². The number of nitrogens with zero attached hydrogens (tertiary/aromatic N) is 1. The summed E-state index contributed by atoms with van der Waals surface area (Å²) in [6.07, 6.45) is 5.76. The second-order valence-electron chi connectivity index (χ2n) is 7.49. The Bertz CT molecular complexity index is 308. The summed E-state index contributed by atoms with van der Waals surface area (Å²) in [4.78, 5) is 2.84. The summed E-state index contributed by atoms with van der Waals surface area (Å²) in [5, 5.41) is 3.83. The van der Waals surface area contributed by atoms with Gasteiger partial charge in [-0.25, -0.2) is 0 Å². The maximum absolute atomic E-state index is 3.83. The average molecular weight is 282 g/mol. The molecule has 2 aliphatic heterocycles. The summed E-state index contributed by atoms with van der Waals surface area (Å²) in [7, 11) is 0. The molecule has 0 bridgehead atoms. The van der Waals surface area contributed by atoms with Gasteiger partial charge in [0.25, 0.3) is 0 Å². The normalized spacial score (nSPS) is 41.1. The van der Waals surface area contributed by atoms with Crippen LogP contribution in [0.15, 0.2) is 0 Å². The highest BCUT2D eigenvalue weighted by molar-refractivity contribution is 8.00. The van der Waals surface area contributed by atoms with E-state index >= 15 is 0 Å². The second kappa shape index (κ2) is 5.57. The van der Waals surface area contributed by atoms with Crippen molar-refractivity contribution in [3.63, 3.8) is 0 Å². The first-order valence-electron chi connectivity index (χ1n) is 8.19. The Morgan fingerprint density at radius 3 is 2.74 bits per heavy atom. The van der Waals surface area contributed by atoms with E-state index in [-0.39, 0.29) is 0 Å². The van der Waals surface area contributed by atoms with Crippen molar-refractivity contribution in [1.29, 1.82) is 0 Å². The van der Waals surface area contributed by atoms with Gasteiger partial charge in [0.2, 0.25) is 0 Å². The molecule has 3 fully saturated rings. The molecule has 0 amide bonds. The maximum Gasteiger partial charge on any atom is 0.0259 e. The van der Waals surface area contributed by atoms with Crippen LogP contribution >= 0.6 is 11.8 Å². The molecule has 0 aromatic heterocycles. The fourth-order valence-electron chi connectivity index (χ4n) is 3.90. The topological polar surface area (TPSA) is 15.3 Å². The van der Waals surface area contributed by atoms with Crippen molar-refractivity contribution >= 4 is 11.8 Å². The van der Waals surface area contributed by atoms with E-state index in [0.29, 0.717) is 4.75 Å². The lowest BCUT2D eigenvalue weighted by Gasteiger charge is -2.45. The quantitative estimate of drug-likeness (QED) is 0.853. The summed E-state index contributed by atoms with van der Waals surface area (Å²) in [5.74, 6) is 3.13. The molecule has 0 aromatic carbocycles. The number of nitrogens with one attached hydrogen (secondary N) is 1. The van der Waals surface area contributed by atoms with E-state index in [2.05, 4.69) is 42.7 Å². The zero-order valence-electron chi connectivity index (χ0n) is 12.8. The lowest BCUT2D eigenvalue weighted by molar-refractivity contribution is 0.0834. The predicted octanol–water partition coefficient (Wildman–Crippen LogP) is 2.98. The van der Waals surface area contributed by atoms with Crippen molar-refractivity contribution in [3.05, 3.63) is 0 Å². The molecule has 3 rings (SSSR count). The van der Waals surface area contributed by atoms with Crippen LogP contribution in [-0.4, -0.2) is 47.1 Å². The summed E-state index contributed by atoms with van der Waals surface area (Å²) >= 11 is 2.22. The molecule has 2 heterocycles. The summed E-state index contributed by atoms with van der Waals surface area (Å²) < 4.78 is 0.526. The van der Waals surface area contributed by atoms with Crippen LogP contribution in [0.4, 0.5) is 0 Å². The molecule has 0 radical (unpaired) electrons. The Morgan fingerprint density at radius 1 is 1.37 bits per heavy atom. The van der Waals surface area contributed by atoms with Crippen LogP contribution in [0.2, 0.25) is 0 Å². The number of hydrogen-bond donors (Lipinski definition) is 1. The van der Waals surface area contributed by atoms with Crippen molar-refractivity contribution in [1.82, 2.24) is 10.2 Å². The van der Waals surface area contributed by atoms with Crippen molar-refractivity contribution in [3.8, 4) is 0 Å². The first kappa shape index (κ1) is 14.2. The third kappa shape index (κ3) is 3.30. The molecule has 3 atom stereocenters. The Balaban J connectivity index is 1.65. The minimum absolute atomic E-state index is 0.526. The van der Waals surface area contributed by atoms with Crippen LogP contribution < -0.4 is 5.32 Å². The lowest BCUT2D eigenvalue weighted by Crippen LogP contribution is -2.61. The largest absolute Gasteiger partial charge is 0.311 e. The molecule has 2 nitrogen and oxygen atoms in total. The number of piperazine rings is 1. The molecule has 19 heavy (non-hydrogen) atoms. The summed E-state index contributed by atoms with van der Waals surface area (Å²) in [6, 6.07) is 1.53. The van der Waals surface area contributed by atoms with Gasteiger partial charge in [-0.05, 0) is 50.2 Å². The number of rotatable bonds is 4. The Hall–Kier alpha value is 0.270. The van der Waals surface area contributed by atoms with Gasteiger partial charge in [-0.3, -0.25) is 4.90 Å². The third-order valence-electron chi connectivity index (χ3n) is 5.29. The highest BCUT2D eigenvalue weighted by atomic mass is 32.2. The van der Waals surface area contributed by atoms with Gasteiger partial charge < -0.3 is 5.32 Å². The molecule has 0 aromatic rings. The van der Waals surface area contributed by atoms with Gasteiger partial charge in [-0.15, -0.1) is 0 Å². The van der Waals surface area contributed by atoms with Gasteiger partial charge in [0.1, 0.15) is 0 Å². The van der Waals surface area contributed by atoms with Crippen LogP contribution in [0.5, 0.6) is 0 Å². The van der Waals surface area contributed by atoms with Gasteiger partial charge in [0, 0.05) is 36.5 Å². The maximum atomic E-state index is 3.83. The Labute approximate surface area is 123 Å². The standard InChI is InChI=1S/C16H30N2S/c1-12(2)15-9-17-14(13-5-6-13)10-18(15)11-16(3)7-4-8-19-16/h12-15,17H,4-11H2,1-3H3. The van der Waals surface area contributed by atoms with Gasteiger partial charge >= 0.3 is 0 Å². The summed E-state index contributed by atoms with van der Waals surface area (Å²) in [6.45, 7) is 11.1. The fraction of sp³-hybridized carbons (Fsp3) is 1.00. The molecule has 3 heteroatoms. The lowest BCUT2D eigenvalue weighted by atomic mass is 9.94. The Kier molecular flexibility index (Phi) is 4.17. The zero-order chi connectivity index (χ0) is 13.5. The third-order valence-corrected chi connectivity index (χ3v) is 6.81. The summed E-state index contributed by atoms with van der Waals surface area (Å²) in [5.41, 5.74) is 0. The smallest absolute Gasteiger partial charge is 0.0259 e. The second-order valence-corrected chi connectivity index (χ2v) is 9.18. The van der Waals surface area contributed by atoms with E-state index in [9.17, 15) is 0 Å².